The van der Waals surface area contributed by atoms with E-state index >= 15 is 0 Å². The van der Waals surface area contributed by atoms with Crippen LogP contribution in [0.25, 0.3) is 11.3 Å². The number of pyridine rings is 1. The fraction of sp³-hybridized carbons (Fsp3) is 0.333. The predicted octanol–water partition coefficient (Wildman–Crippen LogP) is 3.05. The normalized spacial score (nSPS) is 21.9. The molecule has 0 bridgehead atoms. The Balaban J connectivity index is 1.73. The van der Waals surface area contributed by atoms with E-state index in [1.54, 1.807) is 6.20 Å². The van der Waals surface area contributed by atoms with E-state index in [-0.39, 0.29) is 0 Å². The van der Waals surface area contributed by atoms with Crippen LogP contribution in [0.3, 0.4) is 0 Å². The van der Waals surface area contributed by atoms with Gasteiger partial charge in [-0.3, -0.25) is 14.7 Å². The van der Waals surface area contributed by atoms with Crippen molar-refractivity contribution in [3.05, 3.63) is 54.2 Å². The molecule has 1 saturated heterocycles. The predicted molar refractivity (Wildman–Crippen MR) is 85.3 cm³/mol. The van der Waals surface area contributed by atoms with Crippen molar-refractivity contribution in [2.75, 3.05) is 13.1 Å². The Hall–Kier alpha value is -2.20. The number of hydrogen-bond acceptors (Lipinski definition) is 3. The lowest BCUT2D eigenvalue weighted by Gasteiger charge is -2.20. The maximum absolute atomic E-state index is 11.3. The van der Waals surface area contributed by atoms with Crippen LogP contribution in [0.2, 0.25) is 0 Å². The SMILES string of the molecule is CC1(C(=O)O)CCN(Cc2cccc(-c3ccccn3)c2)C1. The van der Waals surface area contributed by atoms with Crippen molar-refractivity contribution in [1.29, 1.82) is 0 Å². The third kappa shape index (κ3) is 3.02. The minimum absolute atomic E-state index is 0.607. The van der Waals surface area contributed by atoms with Crippen molar-refractivity contribution in [3.8, 4) is 11.3 Å². The Morgan fingerprint density at radius 1 is 1.32 bits per heavy atom. The Kier molecular flexibility index (Phi) is 3.94. The second kappa shape index (κ2) is 5.89. The van der Waals surface area contributed by atoms with Crippen LogP contribution >= 0.6 is 0 Å². The van der Waals surface area contributed by atoms with Crippen LogP contribution in [-0.2, 0) is 11.3 Å². The monoisotopic (exact) mass is 296 g/mol. The third-order valence-electron chi connectivity index (χ3n) is 4.36. The molecule has 2 heterocycles. The number of nitrogens with zero attached hydrogens (tertiary/aromatic N) is 2. The molecule has 0 aliphatic carbocycles. The van der Waals surface area contributed by atoms with Crippen molar-refractivity contribution in [2.45, 2.75) is 19.9 Å². The minimum Gasteiger partial charge on any atom is -0.481 e. The van der Waals surface area contributed by atoms with Crippen molar-refractivity contribution >= 4 is 5.97 Å². The lowest BCUT2D eigenvalue weighted by molar-refractivity contribution is -0.147. The highest BCUT2D eigenvalue weighted by Gasteiger charge is 2.40. The zero-order chi connectivity index (χ0) is 15.6. The van der Waals surface area contributed by atoms with Crippen LogP contribution in [0.5, 0.6) is 0 Å². The van der Waals surface area contributed by atoms with E-state index in [0.29, 0.717) is 13.0 Å². The van der Waals surface area contributed by atoms with Gasteiger partial charge >= 0.3 is 5.97 Å². The molecule has 0 spiro atoms. The first-order chi connectivity index (χ1) is 10.6. The molecule has 0 saturated carbocycles. The molecule has 3 rings (SSSR count). The number of carbonyl (C=O) groups is 1. The second-order valence-electron chi connectivity index (χ2n) is 6.24. The van der Waals surface area contributed by atoms with Crippen LogP contribution in [0.4, 0.5) is 0 Å². The minimum atomic E-state index is -0.697. The highest BCUT2D eigenvalue weighted by molar-refractivity contribution is 5.74. The molecule has 1 N–H and O–H groups in total. The maximum Gasteiger partial charge on any atom is 0.310 e. The van der Waals surface area contributed by atoms with Crippen LogP contribution in [0, 0.1) is 5.41 Å². The molecular formula is C18H20N2O2. The van der Waals surface area contributed by atoms with Gasteiger partial charge in [0.15, 0.2) is 0 Å². The molecule has 1 aliphatic heterocycles. The van der Waals surface area contributed by atoms with Crippen molar-refractivity contribution in [3.63, 3.8) is 0 Å². The van der Waals surface area contributed by atoms with Gasteiger partial charge < -0.3 is 5.11 Å². The molecule has 114 valence electrons. The topological polar surface area (TPSA) is 53.4 Å². The van der Waals surface area contributed by atoms with Gasteiger partial charge in [0, 0.05) is 24.8 Å². The zero-order valence-corrected chi connectivity index (χ0v) is 12.7. The molecule has 4 heteroatoms. The van der Waals surface area contributed by atoms with Gasteiger partial charge in [-0.05, 0) is 43.7 Å². The van der Waals surface area contributed by atoms with Crippen LogP contribution in [-0.4, -0.2) is 34.0 Å². The maximum atomic E-state index is 11.3. The third-order valence-corrected chi connectivity index (χ3v) is 4.36. The van der Waals surface area contributed by atoms with E-state index in [0.717, 1.165) is 24.3 Å². The number of aliphatic carboxylic acids is 1. The highest BCUT2D eigenvalue weighted by atomic mass is 16.4. The first-order valence-corrected chi connectivity index (χ1v) is 7.53. The summed E-state index contributed by atoms with van der Waals surface area (Å²) in [7, 11) is 0. The number of rotatable bonds is 4. The molecule has 22 heavy (non-hydrogen) atoms. The van der Waals surface area contributed by atoms with E-state index < -0.39 is 11.4 Å². The summed E-state index contributed by atoms with van der Waals surface area (Å²) in [5, 5.41) is 9.31. The second-order valence-corrected chi connectivity index (χ2v) is 6.24. The molecule has 4 nitrogen and oxygen atoms in total. The number of carboxylic acids is 1. The Morgan fingerprint density at radius 3 is 2.86 bits per heavy atom. The number of hydrogen-bond donors (Lipinski definition) is 1. The number of likely N-dealkylation sites (tertiary alicyclic amines) is 1. The number of benzene rings is 1. The van der Waals surface area contributed by atoms with Gasteiger partial charge in [-0.1, -0.05) is 24.3 Å². The number of carboxylic acid groups (broad SMARTS) is 1. The van der Waals surface area contributed by atoms with Crippen molar-refractivity contribution < 1.29 is 9.90 Å². The summed E-state index contributed by atoms with van der Waals surface area (Å²) in [4.78, 5) is 17.9. The van der Waals surface area contributed by atoms with Crippen LogP contribution < -0.4 is 0 Å². The van der Waals surface area contributed by atoms with Crippen LogP contribution in [0.15, 0.2) is 48.7 Å². The standard InChI is InChI=1S/C18H20N2O2/c1-18(17(21)22)8-10-20(13-18)12-14-5-4-6-15(11-14)16-7-2-3-9-19-16/h2-7,9,11H,8,10,12-13H2,1H3,(H,21,22). The van der Waals surface area contributed by atoms with E-state index in [2.05, 4.69) is 28.1 Å². The van der Waals surface area contributed by atoms with Gasteiger partial charge in [-0.25, -0.2) is 0 Å². The van der Waals surface area contributed by atoms with Gasteiger partial charge in [0.25, 0.3) is 0 Å². The van der Waals surface area contributed by atoms with Gasteiger partial charge in [0.2, 0.25) is 0 Å². The summed E-state index contributed by atoms with van der Waals surface area (Å²) in [5.41, 5.74) is 2.63. The Bertz CT molecular complexity index is 672. The summed E-state index contributed by atoms with van der Waals surface area (Å²) in [6.07, 6.45) is 2.50. The fourth-order valence-electron chi connectivity index (χ4n) is 2.99. The van der Waals surface area contributed by atoms with Gasteiger partial charge in [0.1, 0.15) is 0 Å². The summed E-state index contributed by atoms with van der Waals surface area (Å²) < 4.78 is 0. The molecule has 1 aromatic carbocycles. The van der Waals surface area contributed by atoms with E-state index in [9.17, 15) is 9.90 Å². The van der Waals surface area contributed by atoms with Crippen LogP contribution in [0.1, 0.15) is 18.9 Å². The molecule has 1 aromatic heterocycles. The molecule has 0 radical (unpaired) electrons. The summed E-state index contributed by atoms with van der Waals surface area (Å²) in [6, 6.07) is 14.2. The average Bonchev–Trinajstić information content (AvgIpc) is 2.91. The highest BCUT2D eigenvalue weighted by Crippen LogP contribution is 2.31. The lowest BCUT2D eigenvalue weighted by atomic mass is 9.90. The molecule has 1 atom stereocenters. The molecule has 1 aliphatic rings. The van der Waals surface area contributed by atoms with E-state index in [1.165, 1.54) is 5.56 Å². The van der Waals surface area contributed by atoms with Gasteiger partial charge in [-0.2, -0.15) is 0 Å². The average molecular weight is 296 g/mol. The van der Waals surface area contributed by atoms with E-state index in [1.807, 2.05) is 31.2 Å². The molecule has 1 fully saturated rings. The first kappa shape index (κ1) is 14.7. The molecule has 1 unspecified atom stereocenters. The molecule has 2 aromatic rings. The zero-order valence-electron chi connectivity index (χ0n) is 12.7. The van der Waals surface area contributed by atoms with Crippen molar-refractivity contribution in [2.24, 2.45) is 5.41 Å². The first-order valence-electron chi connectivity index (χ1n) is 7.53. The summed E-state index contributed by atoms with van der Waals surface area (Å²) >= 11 is 0. The summed E-state index contributed by atoms with van der Waals surface area (Å²) in [6.45, 7) is 4.05. The Labute approximate surface area is 130 Å². The van der Waals surface area contributed by atoms with E-state index in [4.69, 9.17) is 0 Å². The largest absolute Gasteiger partial charge is 0.481 e. The summed E-state index contributed by atoms with van der Waals surface area (Å²) in [5.74, 6) is -0.697. The quantitative estimate of drug-likeness (QED) is 0.942. The Morgan fingerprint density at radius 2 is 2.18 bits per heavy atom. The fourth-order valence-corrected chi connectivity index (χ4v) is 2.99. The van der Waals surface area contributed by atoms with Gasteiger partial charge in [-0.15, -0.1) is 0 Å². The van der Waals surface area contributed by atoms with Gasteiger partial charge in [0.05, 0.1) is 11.1 Å². The molecule has 0 amide bonds. The smallest absolute Gasteiger partial charge is 0.310 e. The van der Waals surface area contributed by atoms with Crippen molar-refractivity contribution in [1.82, 2.24) is 9.88 Å². The lowest BCUT2D eigenvalue weighted by Crippen LogP contribution is -2.31. The number of aromatic nitrogens is 1. The molecular weight excluding hydrogens is 276 g/mol.